The molecule has 1 unspecified atom stereocenters. The van der Waals surface area contributed by atoms with Gasteiger partial charge in [0.2, 0.25) is 0 Å². The Morgan fingerprint density at radius 2 is 2.12 bits per heavy atom. The molecule has 0 radical (unpaired) electrons. The van der Waals surface area contributed by atoms with Crippen molar-refractivity contribution in [1.29, 1.82) is 0 Å². The third kappa shape index (κ3) is 6.64. The lowest BCUT2D eigenvalue weighted by molar-refractivity contribution is 0.0166. The molecule has 1 saturated heterocycles. The molecule has 0 bridgehead atoms. The second-order valence-electron chi connectivity index (χ2n) is 7.42. The van der Waals surface area contributed by atoms with Gasteiger partial charge in [0.1, 0.15) is 5.60 Å². The number of amides is 1. The number of rotatable bonds is 5. The lowest BCUT2D eigenvalue weighted by Gasteiger charge is -2.34. The van der Waals surface area contributed by atoms with E-state index in [0.717, 1.165) is 44.6 Å². The molecule has 1 amide bonds. The van der Waals surface area contributed by atoms with Crippen molar-refractivity contribution in [2.45, 2.75) is 45.8 Å². The molecule has 1 heterocycles. The summed E-state index contributed by atoms with van der Waals surface area (Å²) < 4.78 is 5.46. The third-order valence-electron chi connectivity index (χ3n) is 4.03. The van der Waals surface area contributed by atoms with E-state index in [9.17, 15) is 4.79 Å². The molecular weight excluding hydrogens is 318 g/mol. The molecular formula is C18H27N5O2. The second-order valence-corrected chi connectivity index (χ2v) is 7.42. The van der Waals surface area contributed by atoms with Gasteiger partial charge >= 0.3 is 6.09 Å². The van der Waals surface area contributed by atoms with Crippen LogP contribution >= 0.6 is 0 Å². The highest BCUT2D eigenvalue weighted by Crippen LogP contribution is 2.19. The maximum Gasteiger partial charge on any atom is 0.410 e. The average Bonchev–Trinajstić information content (AvgIpc) is 2.55. The fraction of sp³-hybridized carbons (Fsp3) is 0.611. The van der Waals surface area contributed by atoms with E-state index >= 15 is 0 Å². The molecule has 1 fully saturated rings. The molecule has 7 nitrogen and oxygen atoms in total. The van der Waals surface area contributed by atoms with Crippen molar-refractivity contribution in [1.82, 2.24) is 10.2 Å². The highest BCUT2D eigenvalue weighted by Gasteiger charge is 2.27. The van der Waals surface area contributed by atoms with Crippen LogP contribution in [0.1, 0.15) is 39.2 Å². The van der Waals surface area contributed by atoms with E-state index in [-0.39, 0.29) is 6.09 Å². The fourth-order valence-corrected chi connectivity index (χ4v) is 2.88. The first-order valence-electron chi connectivity index (χ1n) is 8.70. The van der Waals surface area contributed by atoms with Gasteiger partial charge in [0.15, 0.2) is 0 Å². The van der Waals surface area contributed by atoms with Gasteiger partial charge in [-0.2, -0.15) is 0 Å². The molecule has 136 valence electrons. The Hall–Kier alpha value is -2.24. The molecule has 1 N–H and O–H groups in total. The van der Waals surface area contributed by atoms with Crippen LogP contribution in [0.15, 0.2) is 29.4 Å². The van der Waals surface area contributed by atoms with Gasteiger partial charge < -0.3 is 15.0 Å². The Labute approximate surface area is 149 Å². The van der Waals surface area contributed by atoms with Crippen molar-refractivity contribution < 1.29 is 9.53 Å². The molecule has 1 aliphatic rings. The summed E-state index contributed by atoms with van der Waals surface area (Å²) in [5.41, 5.74) is 9.71. The quantitative estimate of drug-likeness (QED) is 0.488. The SMILES string of the molecule is CC(C)(C)OC(=O)N1CCCC(CNCc2ccc(N=[N+]=[N-])cc2)C1. The maximum absolute atomic E-state index is 12.2. The number of ether oxygens (including phenoxy) is 1. The van der Waals surface area contributed by atoms with Crippen LogP contribution in [0.3, 0.4) is 0 Å². The summed E-state index contributed by atoms with van der Waals surface area (Å²) >= 11 is 0. The van der Waals surface area contributed by atoms with Crippen LogP contribution in [0.25, 0.3) is 10.4 Å². The van der Waals surface area contributed by atoms with Crippen molar-refractivity contribution in [2.75, 3.05) is 19.6 Å². The minimum atomic E-state index is -0.454. The first-order chi connectivity index (χ1) is 11.9. The predicted molar refractivity (Wildman–Crippen MR) is 97.5 cm³/mol. The van der Waals surface area contributed by atoms with Gasteiger partial charge in [0.05, 0.1) is 0 Å². The second kappa shape index (κ2) is 8.74. The van der Waals surface area contributed by atoms with Crippen LogP contribution in [0.2, 0.25) is 0 Å². The maximum atomic E-state index is 12.2. The molecule has 7 heteroatoms. The van der Waals surface area contributed by atoms with Crippen molar-refractivity contribution in [3.05, 3.63) is 40.3 Å². The zero-order chi connectivity index (χ0) is 18.3. The molecule has 2 rings (SSSR count). The Kier molecular flexibility index (Phi) is 6.67. The van der Waals surface area contributed by atoms with Gasteiger partial charge in [-0.1, -0.05) is 29.4 Å². The Bertz CT molecular complexity index is 617. The van der Waals surface area contributed by atoms with E-state index < -0.39 is 5.60 Å². The summed E-state index contributed by atoms with van der Waals surface area (Å²) in [6, 6.07) is 7.51. The van der Waals surface area contributed by atoms with Crippen LogP contribution in [0.4, 0.5) is 10.5 Å². The molecule has 0 aliphatic carbocycles. The monoisotopic (exact) mass is 345 g/mol. The number of likely N-dealkylation sites (tertiary alicyclic amines) is 1. The number of nitrogens with one attached hydrogen (secondary N) is 1. The van der Waals surface area contributed by atoms with Crippen LogP contribution < -0.4 is 5.32 Å². The van der Waals surface area contributed by atoms with E-state index in [0.29, 0.717) is 11.6 Å². The average molecular weight is 345 g/mol. The molecule has 25 heavy (non-hydrogen) atoms. The number of benzene rings is 1. The molecule has 1 aromatic carbocycles. The van der Waals surface area contributed by atoms with E-state index in [1.54, 1.807) is 0 Å². The van der Waals surface area contributed by atoms with Gasteiger partial charge in [0, 0.05) is 30.2 Å². The van der Waals surface area contributed by atoms with Crippen molar-refractivity contribution in [2.24, 2.45) is 11.0 Å². The molecule has 0 saturated carbocycles. The Morgan fingerprint density at radius 1 is 1.40 bits per heavy atom. The number of carbonyl (C=O) groups excluding carboxylic acids is 1. The van der Waals surface area contributed by atoms with Crippen molar-refractivity contribution in [3.63, 3.8) is 0 Å². The normalized spacial score (nSPS) is 17.7. The highest BCUT2D eigenvalue weighted by atomic mass is 16.6. The fourth-order valence-electron chi connectivity index (χ4n) is 2.88. The smallest absolute Gasteiger partial charge is 0.410 e. The van der Waals surface area contributed by atoms with Gasteiger partial charge in [-0.25, -0.2) is 4.79 Å². The highest BCUT2D eigenvalue weighted by molar-refractivity contribution is 5.68. The number of nitrogens with zero attached hydrogens (tertiary/aromatic N) is 4. The summed E-state index contributed by atoms with van der Waals surface area (Å²) in [6.45, 7) is 8.78. The van der Waals surface area contributed by atoms with E-state index in [1.165, 1.54) is 0 Å². The molecule has 0 aromatic heterocycles. The zero-order valence-electron chi connectivity index (χ0n) is 15.2. The minimum Gasteiger partial charge on any atom is -0.444 e. The van der Waals surface area contributed by atoms with Gasteiger partial charge in [-0.05, 0) is 57.2 Å². The first-order valence-corrected chi connectivity index (χ1v) is 8.70. The minimum absolute atomic E-state index is 0.217. The summed E-state index contributed by atoms with van der Waals surface area (Å²) in [5.74, 6) is 0.434. The van der Waals surface area contributed by atoms with E-state index in [1.807, 2.05) is 49.9 Å². The largest absolute Gasteiger partial charge is 0.444 e. The summed E-state index contributed by atoms with van der Waals surface area (Å²) in [5, 5.41) is 7.01. The topological polar surface area (TPSA) is 90.3 Å². The Balaban J connectivity index is 1.76. The summed E-state index contributed by atoms with van der Waals surface area (Å²) in [4.78, 5) is 16.8. The van der Waals surface area contributed by atoms with Crippen LogP contribution in [0, 0.1) is 5.92 Å². The molecule has 1 aliphatic heterocycles. The van der Waals surface area contributed by atoms with Gasteiger partial charge in [-0.15, -0.1) is 0 Å². The number of hydrogen-bond acceptors (Lipinski definition) is 4. The summed E-state index contributed by atoms with van der Waals surface area (Å²) in [6.07, 6.45) is 1.90. The summed E-state index contributed by atoms with van der Waals surface area (Å²) in [7, 11) is 0. The van der Waals surface area contributed by atoms with Crippen molar-refractivity contribution in [3.8, 4) is 0 Å². The van der Waals surface area contributed by atoms with Gasteiger partial charge in [0.25, 0.3) is 0 Å². The number of carbonyl (C=O) groups is 1. The van der Waals surface area contributed by atoms with E-state index in [2.05, 4.69) is 15.3 Å². The van der Waals surface area contributed by atoms with Crippen LogP contribution in [-0.2, 0) is 11.3 Å². The first kappa shape index (κ1) is 19.1. The molecule has 0 spiro atoms. The van der Waals surface area contributed by atoms with Crippen LogP contribution in [-0.4, -0.2) is 36.2 Å². The van der Waals surface area contributed by atoms with Gasteiger partial charge in [-0.3, -0.25) is 0 Å². The standard InChI is InChI=1S/C18H27N5O2/c1-18(2,3)25-17(24)23-10-4-5-15(13-23)12-20-11-14-6-8-16(9-7-14)21-22-19/h6-9,15,20H,4-5,10-13H2,1-3H3. The molecule has 1 aromatic rings. The lowest BCUT2D eigenvalue weighted by Crippen LogP contribution is -2.44. The lowest BCUT2D eigenvalue weighted by atomic mass is 9.98. The van der Waals surface area contributed by atoms with Crippen LogP contribution in [0.5, 0.6) is 0 Å². The molecule has 1 atom stereocenters. The number of azide groups is 1. The predicted octanol–water partition coefficient (Wildman–Crippen LogP) is 4.37. The third-order valence-corrected chi connectivity index (χ3v) is 4.03. The number of hydrogen-bond donors (Lipinski definition) is 1. The van der Waals surface area contributed by atoms with Crippen molar-refractivity contribution >= 4 is 11.8 Å². The Morgan fingerprint density at radius 3 is 2.76 bits per heavy atom. The van der Waals surface area contributed by atoms with E-state index in [4.69, 9.17) is 10.3 Å². The zero-order valence-corrected chi connectivity index (χ0v) is 15.2. The number of piperidine rings is 1.